The van der Waals surface area contributed by atoms with Crippen LogP contribution < -0.4 is 5.32 Å². The molecule has 0 amide bonds. The highest BCUT2D eigenvalue weighted by atomic mass is 15.3. The summed E-state index contributed by atoms with van der Waals surface area (Å²) >= 11 is 0. The maximum Gasteiger partial charge on any atom is 0.0593 e. The molecule has 5 heteroatoms. The van der Waals surface area contributed by atoms with Crippen LogP contribution in [0.25, 0.3) is 0 Å². The summed E-state index contributed by atoms with van der Waals surface area (Å²) in [5.41, 5.74) is 3.31. The number of aromatic nitrogens is 3. The van der Waals surface area contributed by atoms with E-state index in [0.29, 0.717) is 6.04 Å². The van der Waals surface area contributed by atoms with Crippen LogP contribution >= 0.6 is 0 Å². The molecular formula is C16H23N5. The van der Waals surface area contributed by atoms with E-state index in [9.17, 15) is 0 Å². The fourth-order valence-corrected chi connectivity index (χ4v) is 2.89. The van der Waals surface area contributed by atoms with Gasteiger partial charge in [0.2, 0.25) is 0 Å². The topological polar surface area (TPSA) is 46.0 Å². The second-order valence-electron chi connectivity index (χ2n) is 5.76. The lowest BCUT2D eigenvalue weighted by Crippen LogP contribution is -2.18. The maximum absolute atomic E-state index is 4.61. The third-order valence-electron chi connectivity index (χ3n) is 4.09. The van der Waals surface area contributed by atoms with Crippen molar-refractivity contribution < 1.29 is 0 Å². The fourth-order valence-electron chi connectivity index (χ4n) is 2.89. The van der Waals surface area contributed by atoms with E-state index in [0.717, 1.165) is 24.5 Å². The molecule has 3 rings (SSSR count). The Morgan fingerprint density at radius 3 is 2.86 bits per heavy atom. The monoisotopic (exact) mass is 285 g/mol. The molecule has 1 saturated heterocycles. The Kier molecular flexibility index (Phi) is 4.20. The van der Waals surface area contributed by atoms with Gasteiger partial charge in [-0.25, -0.2) is 0 Å². The second-order valence-corrected chi connectivity index (χ2v) is 5.76. The lowest BCUT2D eigenvalue weighted by molar-refractivity contribution is 0.312. The molecule has 2 aromatic heterocycles. The molecule has 1 unspecified atom stereocenters. The van der Waals surface area contributed by atoms with E-state index in [2.05, 4.69) is 39.5 Å². The molecule has 1 atom stereocenters. The number of hydrogen-bond donors (Lipinski definition) is 1. The van der Waals surface area contributed by atoms with Gasteiger partial charge >= 0.3 is 0 Å². The molecule has 0 aromatic carbocycles. The van der Waals surface area contributed by atoms with Crippen molar-refractivity contribution in [2.24, 2.45) is 0 Å². The average molecular weight is 285 g/mol. The minimum Gasteiger partial charge on any atom is -0.382 e. The quantitative estimate of drug-likeness (QED) is 0.916. The first-order chi connectivity index (χ1) is 10.2. The summed E-state index contributed by atoms with van der Waals surface area (Å²) in [5, 5.41) is 7.77. The van der Waals surface area contributed by atoms with Gasteiger partial charge in [-0.15, -0.1) is 0 Å². The molecule has 0 bridgehead atoms. The molecule has 0 aliphatic carbocycles. The number of pyridine rings is 1. The number of rotatable bonds is 5. The van der Waals surface area contributed by atoms with E-state index in [1.54, 1.807) is 0 Å². The first kappa shape index (κ1) is 14.1. The lowest BCUT2D eigenvalue weighted by Gasteiger charge is -2.18. The number of anilines is 1. The SMILES string of the molecule is Cc1ccn(CCNc2ccc(C3CCCN3C)nc2)n1. The van der Waals surface area contributed by atoms with Gasteiger partial charge in [-0.1, -0.05) is 0 Å². The Labute approximate surface area is 126 Å². The van der Waals surface area contributed by atoms with Crippen LogP contribution in [0.4, 0.5) is 5.69 Å². The van der Waals surface area contributed by atoms with E-state index < -0.39 is 0 Å². The van der Waals surface area contributed by atoms with Gasteiger partial charge in [-0.2, -0.15) is 5.10 Å². The molecule has 0 saturated carbocycles. The third-order valence-corrected chi connectivity index (χ3v) is 4.09. The van der Waals surface area contributed by atoms with E-state index >= 15 is 0 Å². The first-order valence-corrected chi connectivity index (χ1v) is 7.62. The molecule has 2 aromatic rings. The number of hydrogen-bond acceptors (Lipinski definition) is 4. The van der Waals surface area contributed by atoms with Crippen molar-refractivity contribution >= 4 is 5.69 Å². The molecule has 1 fully saturated rings. The fraction of sp³-hybridized carbons (Fsp3) is 0.500. The van der Waals surface area contributed by atoms with Gasteiger partial charge in [0, 0.05) is 12.7 Å². The van der Waals surface area contributed by atoms with Gasteiger partial charge in [0.15, 0.2) is 0 Å². The Morgan fingerprint density at radius 1 is 1.33 bits per heavy atom. The molecule has 21 heavy (non-hydrogen) atoms. The van der Waals surface area contributed by atoms with Crippen LogP contribution in [0.5, 0.6) is 0 Å². The van der Waals surface area contributed by atoms with Crippen LogP contribution in [0, 0.1) is 6.92 Å². The van der Waals surface area contributed by atoms with Gasteiger partial charge in [0.25, 0.3) is 0 Å². The van der Waals surface area contributed by atoms with Crippen LogP contribution in [0.15, 0.2) is 30.6 Å². The van der Waals surface area contributed by atoms with E-state index in [1.807, 2.05) is 30.1 Å². The maximum atomic E-state index is 4.61. The summed E-state index contributed by atoms with van der Waals surface area (Å²) in [5.74, 6) is 0. The first-order valence-electron chi connectivity index (χ1n) is 7.62. The standard InChI is InChI=1S/C16H23N5/c1-13-7-10-21(19-13)11-8-17-14-5-6-15(18-12-14)16-4-3-9-20(16)2/h5-7,10,12,16-17H,3-4,8-9,11H2,1-2H3. The van der Waals surface area contributed by atoms with Crippen molar-refractivity contribution in [3.63, 3.8) is 0 Å². The Hall–Kier alpha value is -1.88. The normalized spacial score (nSPS) is 19.0. The van der Waals surface area contributed by atoms with Crippen LogP contribution in [0.2, 0.25) is 0 Å². The summed E-state index contributed by atoms with van der Waals surface area (Å²) in [4.78, 5) is 7.00. The number of nitrogens with one attached hydrogen (secondary N) is 1. The zero-order valence-electron chi connectivity index (χ0n) is 12.8. The molecule has 3 heterocycles. The smallest absolute Gasteiger partial charge is 0.0593 e. The van der Waals surface area contributed by atoms with Crippen molar-refractivity contribution in [1.82, 2.24) is 19.7 Å². The number of likely N-dealkylation sites (tertiary alicyclic amines) is 1. The van der Waals surface area contributed by atoms with Crippen LogP contribution in [-0.2, 0) is 6.54 Å². The minimum atomic E-state index is 0.492. The largest absolute Gasteiger partial charge is 0.382 e. The summed E-state index contributed by atoms with van der Waals surface area (Å²) in [6.45, 7) is 4.90. The van der Waals surface area contributed by atoms with Gasteiger partial charge in [0.1, 0.15) is 0 Å². The number of nitrogens with zero attached hydrogens (tertiary/aromatic N) is 4. The van der Waals surface area contributed by atoms with Gasteiger partial charge in [0.05, 0.1) is 35.9 Å². The second kappa shape index (κ2) is 6.26. The Balaban J connectivity index is 1.52. The Bertz CT molecular complexity index is 575. The molecule has 0 spiro atoms. The van der Waals surface area contributed by atoms with Crippen molar-refractivity contribution in [2.45, 2.75) is 32.4 Å². The molecule has 0 radical (unpaired) electrons. The average Bonchev–Trinajstić information content (AvgIpc) is 3.09. The predicted octanol–water partition coefficient (Wildman–Crippen LogP) is 2.47. The minimum absolute atomic E-state index is 0.492. The molecule has 1 N–H and O–H groups in total. The van der Waals surface area contributed by atoms with Crippen LogP contribution in [-0.4, -0.2) is 39.8 Å². The van der Waals surface area contributed by atoms with Gasteiger partial charge in [-0.3, -0.25) is 14.6 Å². The van der Waals surface area contributed by atoms with Crippen molar-refractivity contribution in [3.05, 3.63) is 42.0 Å². The molecular weight excluding hydrogens is 262 g/mol. The van der Waals surface area contributed by atoms with Gasteiger partial charge in [-0.05, 0) is 51.6 Å². The van der Waals surface area contributed by atoms with E-state index in [-0.39, 0.29) is 0 Å². The molecule has 1 aliphatic heterocycles. The van der Waals surface area contributed by atoms with Crippen LogP contribution in [0.1, 0.15) is 30.3 Å². The Morgan fingerprint density at radius 2 is 2.24 bits per heavy atom. The van der Waals surface area contributed by atoms with E-state index in [4.69, 9.17) is 0 Å². The summed E-state index contributed by atoms with van der Waals surface area (Å²) in [7, 11) is 2.18. The van der Waals surface area contributed by atoms with Crippen LogP contribution in [0.3, 0.4) is 0 Å². The summed E-state index contributed by atoms with van der Waals surface area (Å²) in [6.07, 6.45) is 6.44. The lowest BCUT2D eigenvalue weighted by atomic mass is 10.1. The molecule has 5 nitrogen and oxygen atoms in total. The third kappa shape index (κ3) is 3.42. The number of aryl methyl sites for hydroxylation is 1. The van der Waals surface area contributed by atoms with Crippen molar-refractivity contribution in [1.29, 1.82) is 0 Å². The van der Waals surface area contributed by atoms with Crippen molar-refractivity contribution in [2.75, 3.05) is 25.5 Å². The van der Waals surface area contributed by atoms with E-state index in [1.165, 1.54) is 25.1 Å². The zero-order valence-corrected chi connectivity index (χ0v) is 12.8. The predicted molar refractivity (Wildman–Crippen MR) is 84.3 cm³/mol. The highest BCUT2D eigenvalue weighted by molar-refractivity contribution is 5.41. The molecule has 112 valence electrons. The highest BCUT2D eigenvalue weighted by Gasteiger charge is 2.23. The van der Waals surface area contributed by atoms with Crippen molar-refractivity contribution in [3.8, 4) is 0 Å². The van der Waals surface area contributed by atoms with Gasteiger partial charge < -0.3 is 5.32 Å². The summed E-state index contributed by atoms with van der Waals surface area (Å²) in [6, 6.07) is 6.79. The zero-order chi connectivity index (χ0) is 14.7. The highest BCUT2D eigenvalue weighted by Crippen LogP contribution is 2.29. The summed E-state index contributed by atoms with van der Waals surface area (Å²) < 4.78 is 1.96. The molecule has 1 aliphatic rings.